The van der Waals surface area contributed by atoms with Crippen molar-refractivity contribution in [3.63, 3.8) is 0 Å². The molecule has 0 spiro atoms. The Bertz CT molecular complexity index is 451. The molecule has 2 fully saturated rings. The smallest absolute Gasteiger partial charge is 0.244 e. The summed E-state index contributed by atoms with van der Waals surface area (Å²) in [6, 6.07) is 0.501. The third-order valence-electron chi connectivity index (χ3n) is 5.71. The molecule has 6 heteroatoms. The number of nitrogens with zero attached hydrogens (tertiary/aromatic N) is 3. The first-order valence-electron chi connectivity index (χ1n) is 10.5. The lowest BCUT2D eigenvalue weighted by atomic mass is 9.94. The molecule has 2 rings (SSSR count). The van der Waals surface area contributed by atoms with Gasteiger partial charge in [0.1, 0.15) is 6.54 Å². The maximum absolute atomic E-state index is 12.2. The Morgan fingerprint density at radius 1 is 1.12 bits per heavy atom. The van der Waals surface area contributed by atoms with Crippen molar-refractivity contribution < 1.29 is 4.79 Å². The number of aliphatic imine (C=N–C) groups is 1. The second-order valence-electron chi connectivity index (χ2n) is 8.19. The molecule has 6 nitrogen and oxygen atoms in total. The van der Waals surface area contributed by atoms with Crippen LogP contribution in [0.3, 0.4) is 0 Å². The van der Waals surface area contributed by atoms with Crippen molar-refractivity contribution in [3.05, 3.63) is 0 Å². The summed E-state index contributed by atoms with van der Waals surface area (Å²) in [6.07, 6.45) is 4.83. The first kappa shape index (κ1) is 21.0. The molecule has 0 bridgehead atoms. The van der Waals surface area contributed by atoms with E-state index in [4.69, 9.17) is 0 Å². The zero-order valence-corrected chi connectivity index (χ0v) is 17.3. The molecular weight excluding hydrogens is 326 g/mol. The Hall–Kier alpha value is -1.30. The SMILES string of the molecule is CCNC(=NCC(=O)N1CCCC1)NCC(C(C)C)N1CCC(C)CC1. The molecule has 2 aliphatic heterocycles. The van der Waals surface area contributed by atoms with Gasteiger partial charge in [0, 0.05) is 32.2 Å². The molecule has 0 aromatic rings. The number of piperidine rings is 1. The molecule has 0 saturated carbocycles. The minimum absolute atomic E-state index is 0.144. The van der Waals surface area contributed by atoms with Gasteiger partial charge in [0.15, 0.2) is 5.96 Å². The minimum atomic E-state index is 0.144. The van der Waals surface area contributed by atoms with E-state index in [9.17, 15) is 4.79 Å². The number of carbonyl (C=O) groups is 1. The van der Waals surface area contributed by atoms with Crippen LogP contribution in [0.25, 0.3) is 0 Å². The molecule has 2 heterocycles. The van der Waals surface area contributed by atoms with Crippen molar-refractivity contribution in [1.82, 2.24) is 20.4 Å². The Morgan fingerprint density at radius 2 is 1.77 bits per heavy atom. The first-order chi connectivity index (χ1) is 12.5. The number of hydrogen-bond acceptors (Lipinski definition) is 3. The summed E-state index contributed by atoms with van der Waals surface area (Å²) in [6.45, 7) is 15.1. The zero-order valence-electron chi connectivity index (χ0n) is 17.3. The molecule has 150 valence electrons. The third kappa shape index (κ3) is 6.45. The van der Waals surface area contributed by atoms with Crippen molar-refractivity contribution in [1.29, 1.82) is 0 Å². The van der Waals surface area contributed by atoms with Gasteiger partial charge in [0.2, 0.25) is 5.91 Å². The monoisotopic (exact) mass is 365 g/mol. The quantitative estimate of drug-likeness (QED) is 0.535. The van der Waals surface area contributed by atoms with Crippen molar-refractivity contribution in [3.8, 4) is 0 Å². The van der Waals surface area contributed by atoms with Crippen LogP contribution in [0.1, 0.15) is 53.4 Å². The van der Waals surface area contributed by atoms with Crippen LogP contribution < -0.4 is 10.6 Å². The molecular formula is C20H39N5O. The lowest BCUT2D eigenvalue weighted by Crippen LogP contribution is -2.51. The lowest BCUT2D eigenvalue weighted by Gasteiger charge is -2.39. The highest BCUT2D eigenvalue weighted by atomic mass is 16.2. The maximum Gasteiger partial charge on any atom is 0.244 e. The highest BCUT2D eigenvalue weighted by molar-refractivity contribution is 5.85. The molecule has 2 aliphatic rings. The van der Waals surface area contributed by atoms with Gasteiger partial charge in [-0.25, -0.2) is 4.99 Å². The van der Waals surface area contributed by atoms with Crippen LogP contribution in [-0.2, 0) is 4.79 Å². The summed E-state index contributed by atoms with van der Waals surface area (Å²) in [5.74, 6) is 2.34. The van der Waals surface area contributed by atoms with Crippen LogP contribution in [0.5, 0.6) is 0 Å². The zero-order chi connectivity index (χ0) is 18.9. The molecule has 1 atom stereocenters. The van der Waals surface area contributed by atoms with E-state index in [0.717, 1.165) is 50.9 Å². The Morgan fingerprint density at radius 3 is 2.35 bits per heavy atom. The predicted octanol–water partition coefficient (Wildman–Crippen LogP) is 1.92. The Labute approximate surface area is 159 Å². The lowest BCUT2D eigenvalue weighted by molar-refractivity contribution is -0.128. The third-order valence-corrected chi connectivity index (χ3v) is 5.71. The van der Waals surface area contributed by atoms with E-state index in [2.05, 4.69) is 48.2 Å². The summed E-state index contributed by atoms with van der Waals surface area (Å²) in [5.41, 5.74) is 0. The van der Waals surface area contributed by atoms with Gasteiger partial charge in [-0.05, 0) is 57.5 Å². The highest BCUT2D eigenvalue weighted by Gasteiger charge is 2.25. The number of carbonyl (C=O) groups excluding carboxylic acids is 1. The molecule has 26 heavy (non-hydrogen) atoms. The molecule has 0 aromatic heterocycles. The van der Waals surface area contributed by atoms with Crippen LogP contribution in [0, 0.1) is 11.8 Å². The molecule has 2 saturated heterocycles. The number of amides is 1. The summed E-state index contributed by atoms with van der Waals surface area (Å²) < 4.78 is 0. The molecule has 2 N–H and O–H groups in total. The predicted molar refractivity (Wildman–Crippen MR) is 108 cm³/mol. The fourth-order valence-corrected chi connectivity index (χ4v) is 3.90. The fraction of sp³-hybridized carbons (Fsp3) is 0.900. The average Bonchev–Trinajstić information content (AvgIpc) is 3.15. The van der Waals surface area contributed by atoms with Crippen LogP contribution in [0.4, 0.5) is 0 Å². The number of hydrogen-bond donors (Lipinski definition) is 2. The topological polar surface area (TPSA) is 60.0 Å². The van der Waals surface area contributed by atoms with E-state index in [1.54, 1.807) is 0 Å². The van der Waals surface area contributed by atoms with E-state index in [-0.39, 0.29) is 12.5 Å². The van der Waals surface area contributed by atoms with Gasteiger partial charge in [-0.15, -0.1) is 0 Å². The van der Waals surface area contributed by atoms with Crippen LogP contribution in [0.15, 0.2) is 4.99 Å². The van der Waals surface area contributed by atoms with E-state index in [1.165, 1.54) is 25.9 Å². The van der Waals surface area contributed by atoms with Crippen LogP contribution in [-0.4, -0.2) is 73.5 Å². The van der Waals surface area contributed by atoms with Gasteiger partial charge < -0.3 is 15.5 Å². The number of likely N-dealkylation sites (tertiary alicyclic amines) is 2. The van der Waals surface area contributed by atoms with Gasteiger partial charge in [0.25, 0.3) is 0 Å². The van der Waals surface area contributed by atoms with E-state index in [0.29, 0.717) is 12.0 Å². The van der Waals surface area contributed by atoms with Crippen molar-refractivity contribution in [2.45, 2.75) is 59.4 Å². The van der Waals surface area contributed by atoms with E-state index in [1.807, 2.05) is 4.90 Å². The van der Waals surface area contributed by atoms with Crippen LogP contribution >= 0.6 is 0 Å². The minimum Gasteiger partial charge on any atom is -0.357 e. The summed E-state index contributed by atoms with van der Waals surface area (Å²) >= 11 is 0. The van der Waals surface area contributed by atoms with Gasteiger partial charge in [-0.2, -0.15) is 0 Å². The van der Waals surface area contributed by atoms with Gasteiger partial charge >= 0.3 is 0 Å². The van der Waals surface area contributed by atoms with Crippen molar-refractivity contribution in [2.75, 3.05) is 45.8 Å². The normalized spacial score (nSPS) is 21.3. The number of guanidine groups is 1. The average molecular weight is 366 g/mol. The van der Waals surface area contributed by atoms with Gasteiger partial charge in [-0.3, -0.25) is 9.69 Å². The summed E-state index contributed by atoms with van der Waals surface area (Å²) in [4.78, 5) is 21.3. The second-order valence-corrected chi connectivity index (χ2v) is 8.19. The van der Waals surface area contributed by atoms with Gasteiger partial charge in [0.05, 0.1) is 0 Å². The Kier molecular flexibility index (Phi) is 8.69. The van der Waals surface area contributed by atoms with Gasteiger partial charge in [-0.1, -0.05) is 20.8 Å². The molecule has 0 radical (unpaired) electrons. The molecule has 1 unspecified atom stereocenters. The Balaban J connectivity index is 1.87. The molecule has 0 aliphatic carbocycles. The standard InChI is InChI=1S/C20H39N5O/c1-5-21-20(23-15-19(26)25-10-6-7-11-25)22-14-18(16(2)3)24-12-8-17(4)9-13-24/h16-18H,5-15H2,1-4H3,(H2,21,22,23). The largest absolute Gasteiger partial charge is 0.357 e. The maximum atomic E-state index is 12.2. The summed E-state index contributed by atoms with van der Waals surface area (Å²) in [7, 11) is 0. The number of nitrogens with one attached hydrogen (secondary N) is 2. The first-order valence-corrected chi connectivity index (χ1v) is 10.5. The van der Waals surface area contributed by atoms with E-state index < -0.39 is 0 Å². The fourth-order valence-electron chi connectivity index (χ4n) is 3.90. The second kappa shape index (κ2) is 10.8. The summed E-state index contributed by atoms with van der Waals surface area (Å²) in [5, 5.41) is 6.77. The van der Waals surface area contributed by atoms with Crippen molar-refractivity contribution >= 4 is 11.9 Å². The highest BCUT2D eigenvalue weighted by Crippen LogP contribution is 2.21. The van der Waals surface area contributed by atoms with Crippen LogP contribution in [0.2, 0.25) is 0 Å². The van der Waals surface area contributed by atoms with E-state index >= 15 is 0 Å². The number of rotatable bonds is 7. The molecule has 0 aromatic carbocycles. The molecule has 1 amide bonds. The van der Waals surface area contributed by atoms with Crippen molar-refractivity contribution in [2.24, 2.45) is 16.8 Å².